The van der Waals surface area contributed by atoms with Crippen LogP contribution in [0.15, 0.2) is 18.2 Å². The molecule has 2 rings (SSSR count). The highest BCUT2D eigenvalue weighted by Crippen LogP contribution is 2.38. The highest BCUT2D eigenvalue weighted by atomic mass is 32.1. The smallest absolute Gasteiger partial charge is 0.197 e. The highest BCUT2D eigenvalue weighted by molar-refractivity contribution is 7.17. The molecule has 0 aliphatic heterocycles. The molecule has 90 valence electrons. The van der Waals surface area contributed by atoms with Crippen LogP contribution >= 0.6 is 11.3 Å². The maximum Gasteiger partial charge on any atom is 0.197 e. The predicted molar refractivity (Wildman–Crippen MR) is 65.3 cm³/mol. The number of thiazole rings is 1. The van der Waals surface area contributed by atoms with Crippen molar-refractivity contribution in [1.29, 1.82) is 0 Å². The number of aryl methyl sites for hydroxylation is 1. The summed E-state index contributed by atoms with van der Waals surface area (Å²) < 4.78 is 23.6. The molecule has 0 amide bonds. The van der Waals surface area contributed by atoms with E-state index in [1.54, 1.807) is 20.3 Å². The fourth-order valence-electron chi connectivity index (χ4n) is 1.53. The van der Waals surface area contributed by atoms with E-state index in [1.165, 1.54) is 23.5 Å². The Labute approximate surface area is 103 Å². The van der Waals surface area contributed by atoms with Gasteiger partial charge < -0.3 is 9.47 Å². The minimum Gasteiger partial charge on any atom is -0.496 e. The van der Waals surface area contributed by atoms with E-state index >= 15 is 0 Å². The normalized spacial score (nSPS) is 10.4. The van der Waals surface area contributed by atoms with Crippen LogP contribution in [0.25, 0.3) is 10.6 Å². The Morgan fingerprint density at radius 1 is 1.24 bits per heavy atom. The van der Waals surface area contributed by atoms with Gasteiger partial charge in [0.15, 0.2) is 5.06 Å². The van der Waals surface area contributed by atoms with E-state index in [4.69, 9.17) is 9.47 Å². The number of rotatable bonds is 3. The van der Waals surface area contributed by atoms with Crippen LogP contribution in [0, 0.1) is 12.7 Å². The molecule has 3 nitrogen and oxygen atoms in total. The van der Waals surface area contributed by atoms with E-state index in [0.29, 0.717) is 16.3 Å². The fraction of sp³-hybridized carbons (Fsp3) is 0.250. The summed E-state index contributed by atoms with van der Waals surface area (Å²) in [5.74, 6) is 0.287. The van der Waals surface area contributed by atoms with Crippen LogP contribution in [-0.2, 0) is 0 Å². The first-order chi connectivity index (χ1) is 8.15. The molecule has 0 atom stereocenters. The third kappa shape index (κ3) is 2.24. The maximum absolute atomic E-state index is 13.2. The molecule has 2 aromatic rings. The number of halogens is 1. The van der Waals surface area contributed by atoms with Gasteiger partial charge >= 0.3 is 0 Å². The van der Waals surface area contributed by atoms with Gasteiger partial charge in [-0.25, -0.2) is 9.37 Å². The monoisotopic (exact) mass is 253 g/mol. The van der Waals surface area contributed by atoms with E-state index in [1.807, 2.05) is 6.92 Å². The summed E-state index contributed by atoms with van der Waals surface area (Å²) in [7, 11) is 3.14. The van der Waals surface area contributed by atoms with E-state index in [9.17, 15) is 4.39 Å². The van der Waals surface area contributed by atoms with Crippen LogP contribution in [0.1, 0.15) is 5.69 Å². The van der Waals surface area contributed by atoms with Gasteiger partial charge in [0.2, 0.25) is 0 Å². The minimum atomic E-state index is -0.312. The summed E-state index contributed by atoms with van der Waals surface area (Å²) >= 11 is 1.37. The molecule has 0 N–H and O–H groups in total. The molecular formula is C12H12FNO2S. The molecule has 0 fully saturated rings. The Balaban J connectivity index is 2.54. The van der Waals surface area contributed by atoms with Crippen molar-refractivity contribution >= 4 is 11.3 Å². The van der Waals surface area contributed by atoms with Gasteiger partial charge in [-0.15, -0.1) is 0 Å². The highest BCUT2D eigenvalue weighted by Gasteiger charge is 2.14. The second kappa shape index (κ2) is 4.71. The molecule has 0 aliphatic carbocycles. The van der Waals surface area contributed by atoms with Crippen LogP contribution in [0.5, 0.6) is 10.8 Å². The van der Waals surface area contributed by atoms with Crippen molar-refractivity contribution in [2.45, 2.75) is 6.92 Å². The lowest BCUT2D eigenvalue weighted by Crippen LogP contribution is -1.88. The van der Waals surface area contributed by atoms with Gasteiger partial charge in [0, 0.05) is 0 Å². The van der Waals surface area contributed by atoms with E-state index in [-0.39, 0.29) is 5.82 Å². The second-order valence-electron chi connectivity index (χ2n) is 3.44. The van der Waals surface area contributed by atoms with Crippen molar-refractivity contribution in [1.82, 2.24) is 4.98 Å². The zero-order valence-electron chi connectivity index (χ0n) is 9.78. The molecule has 1 aromatic heterocycles. The first kappa shape index (κ1) is 11.9. The van der Waals surface area contributed by atoms with E-state index < -0.39 is 0 Å². The zero-order valence-corrected chi connectivity index (χ0v) is 10.6. The largest absolute Gasteiger partial charge is 0.496 e. The average Bonchev–Trinajstić information content (AvgIpc) is 2.70. The average molecular weight is 253 g/mol. The van der Waals surface area contributed by atoms with Gasteiger partial charge in [-0.2, -0.15) is 0 Å². The van der Waals surface area contributed by atoms with Crippen molar-refractivity contribution in [2.75, 3.05) is 14.2 Å². The molecule has 0 saturated heterocycles. The van der Waals surface area contributed by atoms with Gasteiger partial charge in [-0.3, -0.25) is 0 Å². The molecular weight excluding hydrogens is 241 g/mol. The summed E-state index contributed by atoms with van der Waals surface area (Å²) in [6.07, 6.45) is 0. The summed E-state index contributed by atoms with van der Waals surface area (Å²) in [5, 5.41) is 1.42. The fourth-order valence-corrected chi connectivity index (χ4v) is 2.44. The zero-order chi connectivity index (χ0) is 12.4. The van der Waals surface area contributed by atoms with Gasteiger partial charge in [-0.1, -0.05) is 11.3 Å². The van der Waals surface area contributed by atoms with Crippen LogP contribution < -0.4 is 9.47 Å². The minimum absolute atomic E-state index is 0.312. The molecule has 0 radical (unpaired) electrons. The third-order valence-electron chi connectivity index (χ3n) is 2.33. The number of ether oxygens (including phenoxy) is 2. The van der Waals surface area contributed by atoms with Crippen molar-refractivity contribution in [3.05, 3.63) is 29.7 Å². The predicted octanol–water partition coefficient (Wildman–Crippen LogP) is 3.27. The molecule has 0 spiro atoms. The van der Waals surface area contributed by atoms with Crippen molar-refractivity contribution < 1.29 is 13.9 Å². The van der Waals surface area contributed by atoms with Gasteiger partial charge in [0.1, 0.15) is 16.6 Å². The molecule has 1 heterocycles. The molecule has 0 bridgehead atoms. The molecule has 0 aliphatic rings. The van der Waals surface area contributed by atoms with Gasteiger partial charge in [-0.05, 0) is 25.1 Å². The Hall–Kier alpha value is -1.62. The van der Waals surface area contributed by atoms with Crippen LogP contribution in [0.2, 0.25) is 0 Å². The summed E-state index contributed by atoms with van der Waals surface area (Å²) in [6.45, 7) is 1.85. The quantitative estimate of drug-likeness (QED) is 0.841. The number of methoxy groups -OCH3 is 2. The van der Waals surface area contributed by atoms with Gasteiger partial charge in [0.25, 0.3) is 0 Å². The van der Waals surface area contributed by atoms with E-state index in [2.05, 4.69) is 4.98 Å². The third-order valence-corrected chi connectivity index (χ3v) is 3.48. The van der Waals surface area contributed by atoms with Crippen molar-refractivity contribution in [3.8, 4) is 21.4 Å². The Bertz CT molecular complexity index is 539. The lowest BCUT2D eigenvalue weighted by atomic mass is 10.2. The lowest BCUT2D eigenvalue weighted by molar-refractivity contribution is 0.415. The van der Waals surface area contributed by atoms with Crippen LogP contribution in [-0.4, -0.2) is 19.2 Å². The Morgan fingerprint density at radius 3 is 2.59 bits per heavy atom. The standard InChI is InChI=1S/C12H12FNO2S/c1-7-12(16-3)17-11(14-7)9-6-8(13)4-5-10(9)15-2/h4-6H,1-3H3. The van der Waals surface area contributed by atoms with Crippen LogP contribution in [0.3, 0.4) is 0 Å². The second-order valence-corrected chi connectivity index (χ2v) is 4.40. The summed E-state index contributed by atoms with van der Waals surface area (Å²) in [4.78, 5) is 4.35. The molecule has 0 saturated carbocycles. The topological polar surface area (TPSA) is 31.4 Å². The molecule has 17 heavy (non-hydrogen) atoms. The maximum atomic E-state index is 13.2. The van der Waals surface area contributed by atoms with E-state index in [0.717, 1.165) is 10.8 Å². The number of aromatic nitrogens is 1. The lowest BCUT2D eigenvalue weighted by Gasteiger charge is -2.05. The summed E-state index contributed by atoms with van der Waals surface area (Å²) in [6, 6.07) is 4.37. The van der Waals surface area contributed by atoms with Crippen molar-refractivity contribution in [2.24, 2.45) is 0 Å². The summed E-state index contributed by atoms with van der Waals surface area (Å²) in [5.41, 5.74) is 1.43. The molecule has 0 unspecified atom stereocenters. The van der Waals surface area contributed by atoms with Gasteiger partial charge in [0.05, 0.1) is 25.5 Å². The molecule has 5 heteroatoms. The SMILES string of the molecule is COc1ccc(F)cc1-c1nc(C)c(OC)s1. The number of nitrogens with zero attached hydrogens (tertiary/aromatic N) is 1. The Morgan fingerprint density at radius 2 is 2.00 bits per heavy atom. The first-order valence-corrected chi connectivity index (χ1v) is 5.82. The first-order valence-electron chi connectivity index (χ1n) is 5.01. The van der Waals surface area contributed by atoms with Crippen LogP contribution in [0.4, 0.5) is 4.39 Å². The van der Waals surface area contributed by atoms with Crippen molar-refractivity contribution in [3.63, 3.8) is 0 Å². The molecule has 1 aromatic carbocycles. The number of benzene rings is 1. The number of hydrogen-bond donors (Lipinski definition) is 0. The Kier molecular flexibility index (Phi) is 3.28. The number of hydrogen-bond acceptors (Lipinski definition) is 4.